The average Bonchev–Trinajstić information content (AvgIpc) is 2.19. The molecule has 0 aliphatic heterocycles. The van der Waals surface area contributed by atoms with Gasteiger partial charge in [0.2, 0.25) is 0 Å². The van der Waals surface area contributed by atoms with E-state index in [1.54, 1.807) is 0 Å². The van der Waals surface area contributed by atoms with Crippen molar-refractivity contribution < 1.29 is 0 Å². The van der Waals surface area contributed by atoms with Gasteiger partial charge in [0.25, 0.3) is 0 Å². The Morgan fingerprint density at radius 3 is 2.55 bits per heavy atom. The Kier molecular flexibility index (Phi) is 2.67. The number of aromatic nitrogens is 2. The Labute approximate surface area is 74.7 Å². The molecule has 11 heavy (non-hydrogen) atoms. The molecule has 0 atom stereocenters. The minimum Gasteiger partial charge on any atom is -0.329 e. The summed E-state index contributed by atoms with van der Waals surface area (Å²) in [5.74, 6) is 0. The van der Waals surface area contributed by atoms with Crippen molar-refractivity contribution in [3.63, 3.8) is 0 Å². The number of nitrogens with zero attached hydrogens (tertiary/aromatic N) is 2. The summed E-state index contributed by atoms with van der Waals surface area (Å²) < 4.78 is 3.00. The van der Waals surface area contributed by atoms with Crippen LogP contribution in [0.15, 0.2) is 4.47 Å². The smallest absolute Gasteiger partial charge is 0.0738 e. The second-order valence-electron chi connectivity index (χ2n) is 2.50. The summed E-state index contributed by atoms with van der Waals surface area (Å²) >= 11 is 3.45. The molecule has 1 rings (SSSR count). The number of rotatable bonds is 2. The molecule has 0 spiro atoms. The zero-order valence-corrected chi connectivity index (χ0v) is 8.35. The molecule has 2 N–H and O–H groups in total. The van der Waals surface area contributed by atoms with Crippen molar-refractivity contribution in [3.8, 4) is 0 Å². The number of halogens is 1. The van der Waals surface area contributed by atoms with Crippen LogP contribution in [0.5, 0.6) is 0 Å². The van der Waals surface area contributed by atoms with Crippen molar-refractivity contribution in [3.05, 3.63) is 15.9 Å². The summed E-state index contributed by atoms with van der Waals surface area (Å²) in [7, 11) is 0. The number of nitrogens with two attached hydrogens (primary N) is 1. The van der Waals surface area contributed by atoms with Gasteiger partial charge in [0.05, 0.1) is 16.7 Å². The summed E-state index contributed by atoms with van der Waals surface area (Å²) in [5, 5.41) is 4.29. The molecule has 0 saturated carbocycles. The minimum absolute atomic E-state index is 0.633. The molecule has 0 unspecified atom stereocenters. The third kappa shape index (κ3) is 1.62. The molecule has 3 nitrogen and oxygen atoms in total. The summed E-state index contributed by atoms with van der Waals surface area (Å²) in [6.45, 7) is 5.43. The largest absolute Gasteiger partial charge is 0.329 e. The Bertz CT molecular complexity index is 254. The molecule has 0 aromatic carbocycles. The predicted octanol–water partition coefficient (Wildman–Crippen LogP) is 1.22. The molecule has 0 bridgehead atoms. The number of hydrogen-bond donors (Lipinski definition) is 1. The molecule has 0 saturated heterocycles. The van der Waals surface area contributed by atoms with Gasteiger partial charge in [-0.25, -0.2) is 0 Å². The second-order valence-corrected chi connectivity index (χ2v) is 3.29. The van der Waals surface area contributed by atoms with Gasteiger partial charge in [0.1, 0.15) is 0 Å². The molecule has 4 heteroatoms. The first-order valence-electron chi connectivity index (χ1n) is 3.56. The zero-order valence-electron chi connectivity index (χ0n) is 6.76. The van der Waals surface area contributed by atoms with E-state index < -0.39 is 0 Å². The third-order valence-corrected chi connectivity index (χ3v) is 2.78. The highest BCUT2D eigenvalue weighted by Gasteiger charge is 2.06. The summed E-state index contributed by atoms with van der Waals surface area (Å²) in [6.07, 6.45) is 0. The SMILES string of the molecule is Cc1nn(CCN)c(C)c1Br. The molecule has 0 radical (unpaired) electrons. The standard InChI is InChI=1S/C7H12BrN3/c1-5-7(8)6(2)11(10-5)4-3-9/h3-4,9H2,1-2H3. The van der Waals surface area contributed by atoms with Gasteiger partial charge in [0, 0.05) is 12.2 Å². The predicted molar refractivity (Wildman–Crippen MR) is 48.5 cm³/mol. The van der Waals surface area contributed by atoms with Crippen LogP contribution in [0.1, 0.15) is 11.4 Å². The van der Waals surface area contributed by atoms with Crippen LogP contribution >= 0.6 is 15.9 Å². The zero-order chi connectivity index (χ0) is 8.43. The Morgan fingerprint density at radius 1 is 1.55 bits per heavy atom. The molecule has 1 heterocycles. The quantitative estimate of drug-likeness (QED) is 0.811. The van der Waals surface area contributed by atoms with Crippen molar-refractivity contribution in [1.82, 2.24) is 9.78 Å². The molecule has 1 aromatic rings. The lowest BCUT2D eigenvalue weighted by Gasteiger charge is -1.99. The first kappa shape index (κ1) is 8.74. The molecular formula is C7H12BrN3. The van der Waals surface area contributed by atoms with Gasteiger partial charge in [-0.15, -0.1) is 0 Å². The van der Waals surface area contributed by atoms with E-state index >= 15 is 0 Å². The number of hydrogen-bond acceptors (Lipinski definition) is 2. The second kappa shape index (κ2) is 3.36. The lowest BCUT2D eigenvalue weighted by Crippen LogP contribution is -2.12. The van der Waals surface area contributed by atoms with Crippen LogP contribution in [0.4, 0.5) is 0 Å². The maximum Gasteiger partial charge on any atom is 0.0738 e. The maximum atomic E-state index is 5.41. The fraction of sp³-hybridized carbons (Fsp3) is 0.571. The lowest BCUT2D eigenvalue weighted by atomic mass is 10.4. The summed E-state index contributed by atoms with van der Waals surface area (Å²) in [5.41, 5.74) is 7.58. The van der Waals surface area contributed by atoms with Crippen molar-refractivity contribution in [2.24, 2.45) is 5.73 Å². The van der Waals surface area contributed by atoms with E-state index in [2.05, 4.69) is 21.0 Å². The van der Waals surface area contributed by atoms with Crippen molar-refractivity contribution in [1.29, 1.82) is 0 Å². The van der Waals surface area contributed by atoms with Gasteiger partial charge < -0.3 is 5.73 Å². The van der Waals surface area contributed by atoms with E-state index in [9.17, 15) is 0 Å². The van der Waals surface area contributed by atoms with Gasteiger partial charge >= 0.3 is 0 Å². The molecule has 0 fully saturated rings. The van der Waals surface area contributed by atoms with E-state index in [1.807, 2.05) is 18.5 Å². The molecule has 0 aliphatic carbocycles. The van der Waals surface area contributed by atoms with Gasteiger partial charge in [-0.3, -0.25) is 4.68 Å². The topological polar surface area (TPSA) is 43.8 Å². The molecular weight excluding hydrogens is 206 g/mol. The van der Waals surface area contributed by atoms with E-state index in [1.165, 1.54) is 0 Å². The van der Waals surface area contributed by atoms with Crippen LogP contribution in [0, 0.1) is 13.8 Å². The van der Waals surface area contributed by atoms with Crippen LogP contribution in [0.25, 0.3) is 0 Å². The van der Waals surface area contributed by atoms with Crippen LogP contribution < -0.4 is 5.73 Å². The van der Waals surface area contributed by atoms with Crippen molar-refractivity contribution >= 4 is 15.9 Å². The van der Waals surface area contributed by atoms with Crippen LogP contribution in [0.2, 0.25) is 0 Å². The first-order valence-corrected chi connectivity index (χ1v) is 4.35. The normalized spacial score (nSPS) is 10.5. The van der Waals surface area contributed by atoms with E-state index in [4.69, 9.17) is 5.73 Å². The fourth-order valence-corrected chi connectivity index (χ4v) is 1.30. The number of aryl methyl sites for hydroxylation is 1. The Hall–Kier alpha value is -0.350. The Balaban J connectivity index is 2.98. The van der Waals surface area contributed by atoms with E-state index in [-0.39, 0.29) is 0 Å². The Morgan fingerprint density at radius 2 is 2.18 bits per heavy atom. The van der Waals surface area contributed by atoms with E-state index in [0.717, 1.165) is 22.4 Å². The third-order valence-electron chi connectivity index (χ3n) is 1.63. The van der Waals surface area contributed by atoms with Crippen molar-refractivity contribution in [2.75, 3.05) is 6.54 Å². The van der Waals surface area contributed by atoms with Gasteiger partial charge in [0.15, 0.2) is 0 Å². The van der Waals surface area contributed by atoms with Gasteiger partial charge in [-0.05, 0) is 29.8 Å². The van der Waals surface area contributed by atoms with Crippen LogP contribution in [0.3, 0.4) is 0 Å². The lowest BCUT2D eigenvalue weighted by molar-refractivity contribution is 0.603. The van der Waals surface area contributed by atoms with E-state index in [0.29, 0.717) is 6.54 Å². The fourth-order valence-electron chi connectivity index (χ4n) is 1.02. The summed E-state index contributed by atoms with van der Waals surface area (Å²) in [4.78, 5) is 0. The highest BCUT2D eigenvalue weighted by Crippen LogP contribution is 2.19. The average molecular weight is 218 g/mol. The van der Waals surface area contributed by atoms with Crippen LogP contribution in [-0.4, -0.2) is 16.3 Å². The van der Waals surface area contributed by atoms with Crippen molar-refractivity contribution in [2.45, 2.75) is 20.4 Å². The first-order chi connectivity index (χ1) is 5.16. The van der Waals surface area contributed by atoms with Gasteiger partial charge in [-0.1, -0.05) is 0 Å². The minimum atomic E-state index is 0.633. The highest BCUT2D eigenvalue weighted by molar-refractivity contribution is 9.10. The molecule has 0 aliphatic rings. The molecule has 62 valence electrons. The summed E-state index contributed by atoms with van der Waals surface area (Å²) in [6, 6.07) is 0. The molecule has 0 amide bonds. The van der Waals surface area contributed by atoms with Gasteiger partial charge in [-0.2, -0.15) is 5.10 Å². The monoisotopic (exact) mass is 217 g/mol. The maximum absolute atomic E-state index is 5.41. The van der Waals surface area contributed by atoms with Crippen LogP contribution in [-0.2, 0) is 6.54 Å². The highest BCUT2D eigenvalue weighted by atomic mass is 79.9. The molecule has 1 aromatic heterocycles.